The monoisotopic (exact) mass is 396 g/mol. The molecule has 3 aromatic carbocycles. The predicted octanol–water partition coefficient (Wildman–Crippen LogP) is 6.77. The van der Waals surface area contributed by atoms with Crippen LogP contribution in [0.1, 0.15) is 59.0 Å². The molecule has 0 atom stereocenters. The summed E-state index contributed by atoms with van der Waals surface area (Å²) in [6, 6.07) is 26.5. The van der Waals surface area contributed by atoms with Crippen LogP contribution in [0.2, 0.25) is 0 Å². The van der Waals surface area contributed by atoms with E-state index in [-0.39, 0.29) is 17.0 Å². The molecule has 0 aromatic heterocycles. The van der Waals surface area contributed by atoms with Crippen molar-refractivity contribution in [1.29, 1.82) is 0 Å². The van der Waals surface area contributed by atoms with Crippen molar-refractivity contribution in [3.8, 4) is 0 Å². The molecule has 152 valence electrons. The fourth-order valence-corrected chi connectivity index (χ4v) is 3.37. The third-order valence-electron chi connectivity index (χ3n) is 5.21. The van der Waals surface area contributed by atoms with E-state index < -0.39 is 5.92 Å². The minimum absolute atomic E-state index is 0.109. The molecule has 0 fully saturated rings. The molecule has 0 saturated heterocycles. The first kappa shape index (κ1) is 21.4. The van der Waals surface area contributed by atoms with Crippen molar-refractivity contribution in [2.45, 2.75) is 32.6 Å². The van der Waals surface area contributed by atoms with Gasteiger partial charge in [-0.1, -0.05) is 118 Å². The number of hydrogen-bond acceptors (Lipinski definition) is 2. The Balaban J connectivity index is 1.81. The summed E-state index contributed by atoms with van der Waals surface area (Å²) in [5.74, 6) is -1.02. The molecule has 30 heavy (non-hydrogen) atoms. The van der Waals surface area contributed by atoms with Crippen LogP contribution in [-0.4, -0.2) is 11.6 Å². The van der Waals surface area contributed by atoms with Crippen LogP contribution in [0.4, 0.5) is 0 Å². The maximum Gasteiger partial charge on any atom is 0.174 e. The Labute approximate surface area is 179 Å². The minimum atomic E-state index is -0.736. The summed E-state index contributed by atoms with van der Waals surface area (Å²) in [5, 5.41) is 0. The van der Waals surface area contributed by atoms with Crippen LogP contribution < -0.4 is 0 Å². The first-order valence-corrected chi connectivity index (χ1v) is 10.3. The van der Waals surface area contributed by atoms with Gasteiger partial charge in [-0.3, -0.25) is 9.59 Å². The van der Waals surface area contributed by atoms with Crippen LogP contribution in [0.5, 0.6) is 0 Å². The molecule has 0 aliphatic carbocycles. The lowest BCUT2D eigenvalue weighted by Crippen LogP contribution is -2.24. The van der Waals surface area contributed by atoms with E-state index in [1.165, 1.54) is 5.56 Å². The van der Waals surface area contributed by atoms with Gasteiger partial charge in [-0.15, -0.1) is 0 Å². The maximum atomic E-state index is 13.1. The lowest BCUT2D eigenvalue weighted by Gasteiger charge is -2.18. The lowest BCUT2D eigenvalue weighted by atomic mass is 9.86. The van der Waals surface area contributed by atoms with E-state index in [1.54, 1.807) is 24.3 Å². The summed E-state index contributed by atoms with van der Waals surface area (Å²) in [6.45, 7) is 6.56. The molecule has 0 heterocycles. The molecule has 3 rings (SSSR count). The highest BCUT2D eigenvalue weighted by Crippen LogP contribution is 2.23. The average Bonchev–Trinajstić information content (AvgIpc) is 2.77. The summed E-state index contributed by atoms with van der Waals surface area (Å²) in [7, 11) is 0. The van der Waals surface area contributed by atoms with Crippen molar-refractivity contribution >= 4 is 17.6 Å². The normalized spacial score (nSPS) is 11.7. The van der Waals surface area contributed by atoms with Gasteiger partial charge in [0.2, 0.25) is 0 Å². The molecule has 3 aromatic rings. The molecular weight excluding hydrogens is 368 g/mol. The number of ketones is 2. The molecule has 0 saturated carbocycles. The quantitative estimate of drug-likeness (QED) is 0.326. The first-order valence-electron chi connectivity index (χ1n) is 10.3. The Morgan fingerprint density at radius 3 is 1.63 bits per heavy atom. The zero-order valence-corrected chi connectivity index (χ0v) is 17.8. The van der Waals surface area contributed by atoms with E-state index in [0.29, 0.717) is 17.5 Å². The SMILES string of the molecule is CC(C)(C)c1ccc(C=CCC(C(=O)c2ccccc2)C(=O)c2ccccc2)cc1. The van der Waals surface area contributed by atoms with Crippen molar-refractivity contribution in [2.75, 3.05) is 0 Å². The molecule has 2 heteroatoms. The Morgan fingerprint density at radius 1 is 0.733 bits per heavy atom. The van der Waals surface area contributed by atoms with Gasteiger partial charge in [0.25, 0.3) is 0 Å². The number of Topliss-reactive ketones (excluding diaryl/α,β-unsaturated/α-hetero) is 2. The zero-order chi connectivity index (χ0) is 21.6. The van der Waals surface area contributed by atoms with Crippen LogP contribution in [0, 0.1) is 5.92 Å². The molecule has 0 aliphatic heterocycles. The Hall–Kier alpha value is -3.26. The third kappa shape index (κ3) is 5.42. The fourth-order valence-electron chi connectivity index (χ4n) is 3.37. The van der Waals surface area contributed by atoms with E-state index in [2.05, 4.69) is 45.0 Å². The number of rotatable bonds is 7. The molecule has 0 bridgehead atoms. The molecule has 0 N–H and O–H groups in total. The maximum absolute atomic E-state index is 13.1. The van der Waals surface area contributed by atoms with E-state index in [1.807, 2.05) is 48.6 Å². The van der Waals surface area contributed by atoms with Gasteiger partial charge in [-0.25, -0.2) is 0 Å². The van der Waals surface area contributed by atoms with Crippen molar-refractivity contribution < 1.29 is 9.59 Å². The van der Waals surface area contributed by atoms with Crippen molar-refractivity contribution in [3.05, 3.63) is 113 Å². The molecule has 0 aliphatic rings. The highest BCUT2D eigenvalue weighted by Gasteiger charge is 2.27. The zero-order valence-electron chi connectivity index (χ0n) is 17.8. The second-order valence-electron chi connectivity index (χ2n) is 8.52. The van der Waals surface area contributed by atoms with Crippen molar-refractivity contribution in [3.63, 3.8) is 0 Å². The van der Waals surface area contributed by atoms with Crippen molar-refractivity contribution in [2.24, 2.45) is 5.92 Å². The van der Waals surface area contributed by atoms with Crippen LogP contribution in [0.25, 0.3) is 6.08 Å². The predicted molar refractivity (Wildman–Crippen MR) is 124 cm³/mol. The van der Waals surface area contributed by atoms with Crippen molar-refractivity contribution in [1.82, 2.24) is 0 Å². The highest BCUT2D eigenvalue weighted by molar-refractivity contribution is 6.16. The van der Waals surface area contributed by atoms with Crippen LogP contribution in [0.15, 0.2) is 91.0 Å². The summed E-state index contributed by atoms with van der Waals surface area (Å²) in [4.78, 5) is 26.2. The van der Waals surface area contributed by atoms with Crippen LogP contribution >= 0.6 is 0 Å². The van der Waals surface area contributed by atoms with E-state index in [4.69, 9.17) is 0 Å². The van der Waals surface area contributed by atoms with Gasteiger partial charge < -0.3 is 0 Å². The Kier molecular flexibility index (Phi) is 6.79. The molecule has 0 radical (unpaired) electrons. The highest BCUT2D eigenvalue weighted by atomic mass is 16.2. The second kappa shape index (κ2) is 9.49. The van der Waals surface area contributed by atoms with Gasteiger partial charge in [0, 0.05) is 11.1 Å². The molecular formula is C28H28O2. The second-order valence-corrected chi connectivity index (χ2v) is 8.52. The summed E-state index contributed by atoms with van der Waals surface area (Å²) >= 11 is 0. The van der Waals surface area contributed by atoms with E-state index >= 15 is 0 Å². The number of allylic oxidation sites excluding steroid dienone is 1. The van der Waals surface area contributed by atoms with Gasteiger partial charge in [-0.05, 0) is 23.0 Å². The Morgan fingerprint density at radius 2 is 1.20 bits per heavy atom. The smallest absolute Gasteiger partial charge is 0.174 e. The van der Waals surface area contributed by atoms with Gasteiger partial charge in [0.15, 0.2) is 11.6 Å². The lowest BCUT2D eigenvalue weighted by molar-refractivity contribution is 0.0809. The summed E-state index contributed by atoms with van der Waals surface area (Å²) < 4.78 is 0. The number of carbonyl (C=O) groups excluding carboxylic acids is 2. The van der Waals surface area contributed by atoms with E-state index in [9.17, 15) is 9.59 Å². The summed E-state index contributed by atoms with van der Waals surface area (Å²) in [6.07, 6.45) is 4.27. The van der Waals surface area contributed by atoms with Gasteiger partial charge >= 0.3 is 0 Å². The Bertz CT molecular complexity index is 956. The largest absolute Gasteiger partial charge is 0.293 e. The average molecular weight is 397 g/mol. The van der Waals surface area contributed by atoms with Crippen LogP contribution in [-0.2, 0) is 5.41 Å². The number of carbonyl (C=O) groups is 2. The van der Waals surface area contributed by atoms with Crippen LogP contribution in [0.3, 0.4) is 0 Å². The fraction of sp³-hybridized carbons (Fsp3) is 0.214. The van der Waals surface area contributed by atoms with Gasteiger partial charge in [-0.2, -0.15) is 0 Å². The van der Waals surface area contributed by atoms with Gasteiger partial charge in [0.05, 0.1) is 5.92 Å². The first-order chi connectivity index (χ1) is 14.4. The third-order valence-corrected chi connectivity index (χ3v) is 5.21. The summed E-state index contributed by atoms with van der Waals surface area (Å²) in [5.41, 5.74) is 3.57. The topological polar surface area (TPSA) is 34.1 Å². The number of benzene rings is 3. The molecule has 2 nitrogen and oxygen atoms in total. The minimum Gasteiger partial charge on any atom is -0.293 e. The molecule has 0 amide bonds. The molecule has 0 spiro atoms. The van der Waals surface area contributed by atoms with E-state index in [0.717, 1.165) is 5.56 Å². The standard InChI is InChI=1S/C28H28O2/c1-28(2,3)24-19-17-21(18-20-24)11-10-16-25(26(29)22-12-6-4-7-13-22)27(30)23-14-8-5-9-15-23/h4-15,17-20,25H,16H2,1-3H3. The molecule has 0 unspecified atom stereocenters. The number of hydrogen-bond donors (Lipinski definition) is 0. The van der Waals surface area contributed by atoms with Gasteiger partial charge in [0.1, 0.15) is 0 Å².